The number of carbonyl (C=O) groups is 1. The van der Waals surface area contributed by atoms with Crippen molar-refractivity contribution in [3.8, 4) is 0 Å². The Morgan fingerprint density at radius 3 is 2.56 bits per heavy atom. The zero-order valence-electron chi connectivity index (χ0n) is 11.5. The van der Waals surface area contributed by atoms with E-state index >= 15 is 0 Å². The van der Waals surface area contributed by atoms with E-state index in [1.54, 1.807) is 0 Å². The lowest BCUT2D eigenvalue weighted by Crippen LogP contribution is -2.24. The van der Waals surface area contributed by atoms with Crippen LogP contribution < -0.4 is 5.32 Å². The normalized spacial score (nSPS) is 10.3. The van der Waals surface area contributed by atoms with Crippen molar-refractivity contribution in [3.05, 3.63) is 35.9 Å². The van der Waals surface area contributed by atoms with Crippen LogP contribution in [0.4, 0.5) is 0 Å². The SMILES string of the molecule is CCCCCCC(=O)NCCCc1ccccc1. The Morgan fingerprint density at radius 2 is 1.83 bits per heavy atom. The second-order valence-electron chi connectivity index (χ2n) is 4.75. The summed E-state index contributed by atoms with van der Waals surface area (Å²) in [5, 5.41) is 2.99. The Hall–Kier alpha value is -1.31. The van der Waals surface area contributed by atoms with Gasteiger partial charge in [0.1, 0.15) is 0 Å². The van der Waals surface area contributed by atoms with Gasteiger partial charge >= 0.3 is 0 Å². The van der Waals surface area contributed by atoms with E-state index in [-0.39, 0.29) is 5.91 Å². The first kappa shape index (κ1) is 14.7. The molecule has 0 bridgehead atoms. The number of carbonyl (C=O) groups excluding carboxylic acids is 1. The fourth-order valence-corrected chi connectivity index (χ4v) is 1.97. The van der Waals surface area contributed by atoms with Gasteiger partial charge in [0.05, 0.1) is 0 Å². The maximum Gasteiger partial charge on any atom is 0.219 e. The zero-order chi connectivity index (χ0) is 13.1. The van der Waals surface area contributed by atoms with Gasteiger partial charge in [0.15, 0.2) is 0 Å². The highest BCUT2D eigenvalue weighted by Crippen LogP contribution is 2.03. The van der Waals surface area contributed by atoms with Gasteiger partial charge < -0.3 is 5.32 Å². The van der Waals surface area contributed by atoms with Crippen LogP contribution in [-0.4, -0.2) is 12.5 Å². The number of benzene rings is 1. The fourth-order valence-electron chi connectivity index (χ4n) is 1.97. The minimum atomic E-state index is 0.208. The van der Waals surface area contributed by atoms with Crippen LogP contribution in [0.15, 0.2) is 30.3 Å². The fraction of sp³-hybridized carbons (Fsp3) is 0.562. The number of amides is 1. The van der Waals surface area contributed by atoms with E-state index in [0.717, 1.165) is 25.8 Å². The molecule has 0 heterocycles. The van der Waals surface area contributed by atoms with Crippen molar-refractivity contribution in [2.24, 2.45) is 0 Å². The van der Waals surface area contributed by atoms with E-state index in [2.05, 4.69) is 36.5 Å². The Balaban J connectivity index is 1.99. The van der Waals surface area contributed by atoms with Gasteiger partial charge in [-0.1, -0.05) is 56.5 Å². The van der Waals surface area contributed by atoms with E-state index in [0.29, 0.717) is 6.42 Å². The van der Waals surface area contributed by atoms with E-state index < -0.39 is 0 Å². The smallest absolute Gasteiger partial charge is 0.219 e. The Labute approximate surface area is 111 Å². The summed E-state index contributed by atoms with van der Waals surface area (Å²) in [6.07, 6.45) is 7.40. The number of aryl methyl sites for hydroxylation is 1. The molecule has 0 unspecified atom stereocenters. The summed E-state index contributed by atoms with van der Waals surface area (Å²) in [4.78, 5) is 11.5. The molecule has 0 fully saturated rings. The van der Waals surface area contributed by atoms with Crippen LogP contribution in [0.2, 0.25) is 0 Å². The van der Waals surface area contributed by atoms with Gasteiger partial charge in [0.25, 0.3) is 0 Å². The van der Waals surface area contributed by atoms with Gasteiger partial charge in [0.2, 0.25) is 5.91 Å². The van der Waals surface area contributed by atoms with Crippen LogP contribution in [0, 0.1) is 0 Å². The molecular weight excluding hydrogens is 222 g/mol. The van der Waals surface area contributed by atoms with Crippen molar-refractivity contribution in [1.82, 2.24) is 5.32 Å². The van der Waals surface area contributed by atoms with Crippen molar-refractivity contribution in [1.29, 1.82) is 0 Å². The third kappa shape index (κ3) is 7.10. The molecule has 0 atom stereocenters. The Morgan fingerprint density at radius 1 is 1.06 bits per heavy atom. The molecule has 18 heavy (non-hydrogen) atoms. The standard InChI is InChI=1S/C16H25NO/c1-2-3-4-8-13-16(18)17-14-9-12-15-10-6-5-7-11-15/h5-7,10-11H,2-4,8-9,12-14H2,1H3,(H,17,18). The molecule has 0 spiro atoms. The number of hydrogen-bond acceptors (Lipinski definition) is 1. The molecule has 1 rings (SSSR count). The first-order chi connectivity index (χ1) is 8.83. The van der Waals surface area contributed by atoms with Crippen molar-refractivity contribution >= 4 is 5.91 Å². The summed E-state index contributed by atoms with van der Waals surface area (Å²) < 4.78 is 0. The molecule has 1 N–H and O–H groups in total. The van der Waals surface area contributed by atoms with Gasteiger partial charge in [-0.3, -0.25) is 4.79 Å². The van der Waals surface area contributed by atoms with Crippen LogP contribution >= 0.6 is 0 Å². The lowest BCUT2D eigenvalue weighted by atomic mass is 10.1. The third-order valence-corrected chi connectivity index (χ3v) is 3.06. The predicted molar refractivity (Wildman–Crippen MR) is 76.5 cm³/mol. The van der Waals surface area contributed by atoms with Crippen LogP contribution in [0.25, 0.3) is 0 Å². The molecule has 2 nitrogen and oxygen atoms in total. The average Bonchev–Trinajstić information content (AvgIpc) is 2.41. The molecule has 1 amide bonds. The highest BCUT2D eigenvalue weighted by Gasteiger charge is 2.00. The Kier molecular flexibility index (Phi) is 7.94. The van der Waals surface area contributed by atoms with E-state index in [1.165, 1.54) is 24.8 Å². The number of rotatable bonds is 9. The summed E-state index contributed by atoms with van der Waals surface area (Å²) in [7, 11) is 0. The molecule has 0 saturated heterocycles. The summed E-state index contributed by atoms with van der Waals surface area (Å²) in [5.74, 6) is 0.208. The van der Waals surface area contributed by atoms with Gasteiger partial charge in [-0.15, -0.1) is 0 Å². The van der Waals surface area contributed by atoms with Crippen LogP contribution in [-0.2, 0) is 11.2 Å². The number of unbranched alkanes of at least 4 members (excludes halogenated alkanes) is 3. The minimum Gasteiger partial charge on any atom is -0.356 e. The lowest BCUT2D eigenvalue weighted by molar-refractivity contribution is -0.121. The molecule has 1 aromatic rings. The van der Waals surface area contributed by atoms with Crippen molar-refractivity contribution in [3.63, 3.8) is 0 Å². The second-order valence-corrected chi connectivity index (χ2v) is 4.75. The summed E-state index contributed by atoms with van der Waals surface area (Å²) in [6.45, 7) is 2.98. The average molecular weight is 247 g/mol. The predicted octanol–water partition coefficient (Wildman–Crippen LogP) is 3.71. The molecule has 2 heteroatoms. The molecule has 0 aliphatic rings. The minimum absolute atomic E-state index is 0.208. The third-order valence-electron chi connectivity index (χ3n) is 3.06. The van der Waals surface area contributed by atoms with Crippen LogP contribution in [0.3, 0.4) is 0 Å². The highest BCUT2D eigenvalue weighted by molar-refractivity contribution is 5.75. The summed E-state index contributed by atoms with van der Waals surface area (Å²) in [5.41, 5.74) is 1.34. The molecule has 0 aliphatic carbocycles. The number of nitrogens with one attached hydrogen (secondary N) is 1. The van der Waals surface area contributed by atoms with Crippen LogP contribution in [0.1, 0.15) is 51.0 Å². The van der Waals surface area contributed by atoms with Crippen LogP contribution in [0.5, 0.6) is 0 Å². The van der Waals surface area contributed by atoms with E-state index in [9.17, 15) is 4.79 Å². The van der Waals surface area contributed by atoms with E-state index in [4.69, 9.17) is 0 Å². The maximum atomic E-state index is 11.5. The first-order valence-electron chi connectivity index (χ1n) is 7.13. The van der Waals surface area contributed by atoms with Crippen molar-refractivity contribution in [2.45, 2.75) is 51.9 Å². The van der Waals surface area contributed by atoms with Gasteiger partial charge in [-0.2, -0.15) is 0 Å². The van der Waals surface area contributed by atoms with E-state index in [1.807, 2.05) is 6.07 Å². The van der Waals surface area contributed by atoms with Gasteiger partial charge in [0, 0.05) is 13.0 Å². The molecule has 0 aromatic heterocycles. The first-order valence-corrected chi connectivity index (χ1v) is 7.13. The monoisotopic (exact) mass is 247 g/mol. The molecule has 1 aromatic carbocycles. The Bertz CT molecular complexity index is 321. The van der Waals surface area contributed by atoms with Crippen molar-refractivity contribution in [2.75, 3.05) is 6.54 Å². The highest BCUT2D eigenvalue weighted by atomic mass is 16.1. The lowest BCUT2D eigenvalue weighted by Gasteiger charge is -2.05. The quantitative estimate of drug-likeness (QED) is 0.662. The number of hydrogen-bond donors (Lipinski definition) is 1. The summed E-state index contributed by atoms with van der Waals surface area (Å²) in [6, 6.07) is 10.4. The topological polar surface area (TPSA) is 29.1 Å². The summed E-state index contributed by atoms with van der Waals surface area (Å²) >= 11 is 0. The molecule has 100 valence electrons. The van der Waals surface area contributed by atoms with Gasteiger partial charge in [-0.05, 0) is 24.8 Å². The molecule has 0 saturated carbocycles. The molecule has 0 radical (unpaired) electrons. The molecular formula is C16H25NO. The van der Waals surface area contributed by atoms with Gasteiger partial charge in [-0.25, -0.2) is 0 Å². The zero-order valence-corrected chi connectivity index (χ0v) is 11.5. The molecule has 0 aliphatic heterocycles. The van der Waals surface area contributed by atoms with Crippen molar-refractivity contribution < 1.29 is 4.79 Å². The second kappa shape index (κ2) is 9.69. The maximum absolute atomic E-state index is 11.5. The largest absolute Gasteiger partial charge is 0.356 e.